The molecule has 2 rings (SSSR count). The molecule has 122 valence electrons. The summed E-state index contributed by atoms with van der Waals surface area (Å²) in [4.78, 5) is 47.3. The molecule has 1 aromatic rings. The predicted octanol–water partition coefficient (Wildman–Crippen LogP) is 0.525. The van der Waals surface area contributed by atoms with Crippen molar-refractivity contribution in [2.24, 2.45) is 0 Å². The average Bonchev–Trinajstić information content (AvgIpc) is 2.71. The van der Waals surface area contributed by atoms with Gasteiger partial charge >= 0.3 is 5.97 Å². The molecule has 7 nitrogen and oxygen atoms in total. The van der Waals surface area contributed by atoms with Gasteiger partial charge in [0.2, 0.25) is 5.91 Å². The third-order valence-corrected chi connectivity index (χ3v) is 4.16. The maximum Gasteiger partial charge on any atom is 0.313 e. The van der Waals surface area contributed by atoms with Crippen molar-refractivity contribution in [3.8, 4) is 0 Å². The molecule has 3 amide bonds. The van der Waals surface area contributed by atoms with Crippen molar-refractivity contribution in [3.63, 3.8) is 0 Å². The molecule has 23 heavy (non-hydrogen) atoms. The summed E-state index contributed by atoms with van der Waals surface area (Å²) < 4.78 is 0. The summed E-state index contributed by atoms with van der Waals surface area (Å²) in [5.74, 6) is -2.16. The minimum Gasteiger partial charge on any atom is -0.481 e. The number of carboxylic acids is 1. The normalized spacial score (nSPS) is 13.2. The molecular formula is C15H16N2O5S. The fraction of sp³-hybridized carbons (Fsp3) is 0.333. The first-order valence-corrected chi connectivity index (χ1v) is 8.08. The fourth-order valence-electron chi connectivity index (χ4n) is 2.20. The molecule has 1 heterocycles. The zero-order valence-corrected chi connectivity index (χ0v) is 13.3. The molecule has 1 aromatic carbocycles. The van der Waals surface area contributed by atoms with Crippen molar-refractivity contribution < 1.29 is 24.3 Å². The molecule has 1 aliphatic heterocycles. The Hall–Kier alpha value is -2.35. The van der Waals surface area contributed by atoms with Gasteiger partial charge in [-0.2, -0.15) is 0 Å². The van der Waals surface area contributed by atoms with Crippen LogP contribution in [0.1, 0.15) is 26.3 Å². The zero-order valence-electron chi connectivity index (χ0n) is 12.5. The van der Waals surface area contributed by atoms with Crippen LogP contribution in [-0.4, -0.2) is 58.3 Å². The van der Waals surface area contributed by atoms with Crippen LogP contribution < -0.4 is 5.32 Å². The Morgan fingerprint density at radius 3 is 2.57 bits per heavy atom. The van der Waals surface area contributed by atoms with Crippen LogP contribution in [0.2, 0.25) is 0 Å². The molecule has 0 radical (unpaired) electrons. The van der Waals surface area contributed by atoms with Crippen molar-refractivity contribution in [2.45, 2.75) is 6.92 Å². The number of thioether (sulfide) groups is 1. The highest BCUT2D eigenvalue weighted by molar-refractivity contribution is 8.00. The van der Waals surface area contributed by atoms with E-state index in [1.165, 1.54) is 0 Å². The predicted molar refractivity (Wildman–Crippen MR) is 84.5 cm³/mol. The number of aryl methyl sites for hydroxylation is 1. The zero-order chi connectivity index (χ0) is 17.0. The second-order valence-electron chi connectivity index (χ2n) is 5.05. The van der Waals surface area contributed by atoms with E-state index >= 15 is 0 Å². The number of nitrogens with zero attached hydrogens (tertiary/aromatic N) is 1. The molecule has 0 unspecified atom stereocenters. The number of fused-ring (bicyclic) bond motifs is 1. The fourth-order valence-corrected chi connectivity index (χ4v) is 2.76. The molecular weight excluding hydrogens is 320 g/mol. The van der Waals surface area contributed by atoms with E-state index < -0.39 is 5.97 Å². The highest BCUT2D eigenvalue weighted by Crippen LogP contribution is 2.23. The van der Waals surface area contributed by atoms with Gasteiger partial charge in [0.1, 0.15) is 0 Å². The van der Waals surface area contributed by atoms with Gasteiger partial charge in [-0.1, -0.05) is 11.6 Å². The quantitative estimate of drug-likeness (QED) is 0.704. The van der Waals surface area contributed by atoms with Crippen LogP contribution in [0.25, 0.3) is 0 Å². The summed E-state index contributed by atoms with van der Waals surface area (Å²) in [6.45, 7) is 2.06. The number of benzene rings is 1. The van der Waals surface area contributed by atoms with E-state index in [1.54, 1.807) is 18.2 Å². The number of carbonyl (C=O) groups is 4. The second kappa shape index (κ2) is 7.28. The Balaban J connectivity index is 1.83. The summed E-state index contributed by atoms with van der Waals surface area (Å²) in [6, 6.07) is 5.08. The average molecular weight is 336 g/mol. The third-order valence-electron chi connectivity index (χ3n) is 3.24. The Kier molecular flexibility index (Phi) is 5.38. The molecule has 0 aliphatic carbocycles. The maximum atomic E-state index is 12.2. The molecule has 0 saturated carbocycles. The summed E-state index contributed by atoms with van der Waals surface area (Å²) in [5.41, 5.74) is 1.66. The topological polar surface area (TPSA) is 104 Å². The monoisotopic (exact) mass is 336 g/mol. The summed E-state index contributed by atoms with van der Waals surface area (Å²) in [5, 5.41) is 11.0. The van der Waals surface area contributed by atoms with Gasteiger partial charge in [0.15, 0.2) is 0 Å². The lowest BCUT2D eigenvalue weighted by atomic mass is 10.1. The Morgan fingerprint density at radius 1 is 1.17 bits per heavy atom. The van der Waals surface area contributed by atoms with Crippen LogP contribution in [0.15, 0.2) is 18.2 Å². The SMILES string of the molecule is Cc1ccc2c(c1)C(=O)N(CCNC(=O)CSCC(=O)O)C2=O. The van der Waals surface area contributed by atoms with Gasteiger partial charge in [0.05, 0.1) is 22.6 Å². The Labute approximate surface area is 137 Å². The lowest BCUT2D eigenvalue weighted by Gasteiger charge is -2.14. The number of rotatable bonds is 7. The van der Waals surface area contributed by atoms with Crippen molar-refractivity contribution in [1.82, 2.24) is 10.2 Å². The number of amides is 3. The molecule has 1 aliphatic rings. The van der Waals surface area contributed by atoms with Crippen LogP contribution in [0.5, 0.6) is 0 Å². The molecule has 0 aromatic heterocycles. The smallest absolute Gasteiger partial charge is 0.313 e. The van der Waals surface area contributed by atoms with Gasteiger partial charge in [-0.05, 0) is 19.1 Å². The molecule has 0 bridgehead atoms. The lowest BCUT2D eigenvalue weighted by molar-refractivity contribution is -0.133. The van der Waals surface area contributed by atoms with Crippen LogP contribution >= 0.6 is 11.8 Å². The number of hydrogen-bond donors (Lipinski definition) is 2. The first-order valence-electron chi connectivity index (χ1n) is 6.93. The van der Waals surface area contributed by atoms with Crippen molar-refractivity contribution in [1.29, 1.82) is 0 Å². The first kappa shape index (κ1) is 17.0. The van der Waals surface area contributed by atoms with Crippen molar-refractivity contribution >= 4 is 35.5 Å². The van der Waals surface area contributed by atoms with Crippen molar-refractivity contribution in [2.75, 3.05) is 24.6 Å². The van der Waals surface area contributed by atoms with Crippen LogP contribution in [0.3, 0.4) is 0 Å². The molecule has 0 saturated heterocycles. The van der Waals surface area contributed by atoms with E-state index in [0.717, 1.165) is 22.2 Å². The van der Waals surface area contributed by atoms with Gasteiger partial charge < -0.3 is 10.4 Å². The number of nitrogens with one attached hydrogen (secondary N) is 1. The van der Waals surface area contributed by atoms with Gasteiger partial charge in [-0.25, -0.2) is 0 Å². The highest BCUT2D eigenvalue weighted by Gasteiger charge is 2.34. The lowest BCUT2D eigenvalue weighted by Crippen LogP contribution is -2.38. The highest BCUT2D eigenvalue weighted by atomic mass is 32.2. The molecule has 0 atom stereocenters. The van der Waals surface area contributed by atoms with Crippen LogP contribution in [-0.2, 0) is 9.59 Å². The minimum absolute atomic E-state index is 0.0214. The van der Waals surface area contributed by atoms with E-state index in [2.05, 4.69) is 5.32 Å². The first-order chi connectivity index (χ1) is 10.9. The molecule has 8 heteroatoms. The van der Waals surface area contributed by atoms with E-state index in [9.17, 15) is 19.2 Å². The number of carbonyl (C=O) groups excluding carboxylic acids is 3. The number of aliphatic carboxylic acids is 1. The minimum atomic E-state index is -0.982. The van der Waals surface area contributed by atoms with E-state index in [4.69, 9.17) is 5.11 Å². The molecule has 0 spiro atoms. The van der Waals surface area contributed by atoms with Gasteiger partial charge in [0.25, 0.3) is 11.8 Å². The number of hydrogen-bond acceptors (Lipinski definition) is 5. The summed E-state index contributed by atoms with van der Waals surface area (Å²) in [7, 11) is 0. The molecule has 2 N–H and O–H groups in total. The Bertz CT molecular complexity index is 674. The number of imide groups is 1. The van der Waals surface area contributed by atoms with E-state index in [0.29, 0.717) is 11.1 Å². The van der Waals surface area contributed by atoms with Crippen molar-refractivity contribution in [3.05, 3.63) is 34.9 Å². The van der Waals surface area contributed by atoms with E-state index in [1.807, 2.05) is 6.92 Å². The summed E-state index contributed by atoms with van der Waals surface area (Å²) >= 11 is 0.986. The molecule has 0 fully saturated rings. The largest absolute Gasteiger partial charge is 0.481 e. The van der Waals surface area contributed by atoms with Crippen LogP contribution in [0, 0.1) is 6.92 Å². The van der Waals surface area contributed by atoms with Crippen LogP contribution in [0.4, 0.5) is 0 Å². The standard InChI is InChI=1S/C15H16N2O5S/c1-9-2-3-10-11(6-9)15(22)17(14(10)21)5-4-16-12(18)7-23-8-13(19)20/h2-3,6H,4-5,7-8H2,1H3,(H,16,18)(H,19,20). The Morgan fingerprint density at radius 2 is 1.87 bits per heavy atom. The van der Waals surface area contributed by atoms with Gasteiger partial charge in [-0.3, -0.25) is 24.1 Å². The second-order valence-corrected chi connectivity index (χ2v) is 6.03. The van der Waals surface area contributed by atoms with Gasteiger partial charge in [0, 0.05) is 13.1 Å². The third kappa shape index (κ3) is 4.10. The van der Waals surface area contributed by atoms with E-state index in [-0.39, 0.29) is 42.3 Å². The number of carboxylic acid groups (broad SMARTS) is 1. The summed E-state index contributed by atoms with van der Waals surface area (Å²) in [6.07, 6.45) is 0. The maximum absolute atomic E-state index is 12.2. The van der Waals surface area contributed by atoms with Gasteiger partial charge in [-0.15, -0.1) is 11.8 Å².